The maximum absolute atomic E-state index is 12.1. The number of carbonyl (C=O) groups excluding carboxylic acids is 1. The zero-order valence-electron chi connectivity index (χ0n) is 11.2. The first-order valence-electron chi connectivity index (χ1n) is 5.84. The molecular formula is C13H13BrN2O4. The zero-order chi connectivity index (χ0) is 15.1. The molecule has 0 amide bonds. The summed E-state index contributed by atoms with van der Waals surface area (Å²) in [4.78, 5) is 23.3. The predicted octanol–water partition coefficient (Wildman–Crippen LogP) is 3.28. The fourth-order valence-corrected chi connectivity index (χ4v) is 2.05. The molecule has 0 aliphatic rings. The van der Waals surface area contributed by atoms with Crippen LogP contribution < -0.4 is 0 Å². The molecule has 0 aliphatic heterocycles. The first-order chi connectivity index (χ1) is 9.19. The lowest BCUT2D eigenvalue weighted by molar-refractivity contribution is 0.0521. The summed E-state index contributed by atoms with van der Waals surface area (Å²) >= 11 is 3.26. The highest BCUT2D eigenvalue weighted by molar-refractivity contribution is 9.10. The number of halogens is 1. The maximum Gasteiger partial charge on any atom is 0.435 e. The number of fused-ring (bicyclic) bond motifs is 1. The monoisotopic (exact) mass is 340 g/mol. The summed E-state index contributed by atoms with van der Waals surface area (Å²) < 4.78 is 6.89. The van der Waals surface area contributed by atoms with E-state index < -0.39 is 17.7 Å². The molecule has 20 heavy (non-hydrogen) atoms. The van der Waals surface area contributed by atoms with Gasteiger partial charge in [0.1, 0.15) is 5.60 Å². The number of ether oxygens (including phenoxy) is 1. The molecule has 0 unspecified atom stereocenters. The summed E-state index contributed by atoms with van der Waals surface area (Å²) in [5.41, 5.74) is -0.485. The molecule has 0 saturated heterocycles. The number of aromatic nitrogens is 2. The second-order valence-corrected chi connectivity index (χ2v) is 6.12. The number of hydrogen-bond donors (Lipinski definition) is 1. The summed E-state index contributed by atoms with van der Waals surface area (Å²) in [5.74, 6) is -1.20. The Labute approximate surface area is 123 Å². The van der Waals surface area contributed by atoms with Crippen molar-refractivity contribution in [3.63, 3.8) is 0 Å². The summed E-state index contributed by atoms with van der Waals surface area (Å²) in [7, 11) is 0. The average Bonchev–Trinajstić information content (AvgIpc) is 2.65. The van der Waals surface area contributed by atoms with E-state index in [0.29, 0.717) is 15.4 Å². The van der Waals surface area contributed by atoms with E-state index in [-0.39, 0.29) is 5.69 Å². The van der Waals surface area contributed by atoms with Crippen molar-refractivity contribution < 1.29 is 19.4 Å². The van der Waals surface area contributed by atoms with Gasteiger partial charge >= 0.3 is 12.1 Å². The smallest absolute Gasteiger partial charge is 0.435 e. The van der Waals surface area contributed by atoms with E-state index in [4.69, 9.17) is 9.84 Å². The van der Waals surface area contributed by atoms with Crippen LogP contribution in [0.5, 0.6) is 0 Å². The molecule has 0 aliphatic carbocycles. The van der Waals surface area contributed by atoms with Crippen LogP contribution in [0.25, 0.3) is 10.9 Å². The number of carboxylic acids is 1. The minimum Gasteiger partial charge on any atom is -0.476 e. The van der Waals surface area contributed by atoms with Gasteiger partial charge in [-0.25, -0.2) is 9.59 Å². The van der Waals surface area contributed by atoms with E-state index in [2.05, 4.69) is 21.0 Å². The SMILES string of the molecule is CC(C)(C)OC(=O)n1nc(C(=O)O)c2cc(Br)ccc21. The van der Waals surface area contributed by atoms with Crippen molar-refractivity contribution in [1.82, 2.24) is 9.78 Å². The van der Waals surface area contributed by atoms with Crippen molar-refractivity contribution in [1.29, 1.82) is 0 Å². The molecule has 1 N–H and O–H groups in total. The van der Waals surface area contributed by atoms with Crippen molar-refractivity contribution in [2.24, 2.45) is 0 Å². The van der Waals surface area contributed by atoms with Crippen LogP contribution in [0, 0.1) is 0 Å². The van der Waals surface area contributed by atoms with Crippen LogP contribution in [0.2, 0.25) is 0 Å². The Morgan fingerprint density at radius 3 is 2.55 bits per heavy atom. The molecule has 1 aromatic heterocycles. The summed E-state index contributed by atoms with van der Waals surface area (Å²) in [5, 5.41) is 13.4. The zero-order valence-corrected chi connectivity index (χ0v) is 12.8. The van der Waals surface area contributed by atoms with E-state index in [1.54, 1.807) is 39.0 Å². The molecule has 1 aromatic carbocycles. The highest BCUT2D eigenvalue weighted by atomic mass is 79.9. The van der Waals surface area contributed by atoms with E-state index in [0.717, 1.165) is 4.68 Å². The molecule has 7 heteroatoms. The van der Waals surface area contributed by atoms with Gasteiger partial charge in [0.15, 0.2) is 5.69 Å². The van der Waals surface area contributed by atoms with E-state index in [9.17, 15) is 9.59 Å². The van der Waals surface area contributed by atoms with Crippen molar-refractivity contribution in [2.75, 3.05) is 0 Å². The van der Waals surface area contributed by atoms with Gasteiger partial charge in [-0.2, -0.15) is 9.78 Å². The lowest BCUT2D eigenvalue weighted by atomic mass is 10.2. The lowest BCUT2D eigenvalue weighted by Crippen LogP contribution is -2.27. The standard InChI is InChI=1S/C13H13BrN2O4/c1-13(2,3)20-12(19)16-9-5-4-7(14)6-8(9)10(15-16)11(17)18/h4-6H,1-3H3,(H,17,18). The van der Waals surface area contributed by atoms with Crippen LogP contribution >= 0.6 is 15.9 Å². The van der Waals surface area contributed by atoms with Crippen molar-refractivity contribution in [3.8, 4) is 0 Å². The molecule has 0 fully saturated rings. The quantitative estimate of drug-likeness (QED) is 0.861. The Balaban J connectivity index is 2.60. The van der Waals surface area contributed by atoms with Crippen molar-refractivity contribution in [3.05, 3.63) is 28.4 Å². The third kappa shape index (κ3) is 2.82. The van der Waals surface area contributed by atoms with Gasteiger partial charge in [-0.15, -0.1) is 0 Å². The van der Waals surface area contributed by atoms with Crippen LogP contribution in [0.3, 0.4) is 0 Å². The topological polar surface area (TPSA) is 81.4 Å². The fourth-order valence-electron chi connectivity index (χ4n) is 1.69. The fraction of sp³-hybridized carbons (Fsp3) is 0.308. The van der Waals surface area contributed by atoms with Crippen molar-refractivity contribution >= 4 is 38.9 Å². The first kappa shape index (κ1) is 14.5. The van der Waals surface area contributed by atoms with Crippen LogP contribution in [0.15, 0.2) is 22.7 Å². The molecule has 0 saturated carbocycles. The highest BCUT2D eigenvalue weighted by Crippen LogP contribution is 2.24. The second-order valence-electron chi connectivity index (χ2n) is 5.21. The Morgan fingerprint density at radius 2 is 2.00 bits per heavy atom. The predicted molar refractivity (Wildman–Crippen MR) is 76.0 cm³/mol. The van der Waals surface area contributed by atoms with Gasteiger partial charge in [-0.05, 0) is 39.0 Å². The molecule has 2 rings (SSSR count). The molecule has 0 atom stereocenters. The summed E-state index contributed by atoms with van der Waals surface area (Å²) in [6.07, 6.45) is -0.711. The molecule has 0 spiro atoms. The minimum absolute atomic E-state index is 0.188. The van der Waals surface area contributed by atoms with E-state index >= 15 is 0 Å². The number of aromatic carboxylic acids is 1. The Kier molecular flexibility index (Phi) is 3.56. The number of rotatable bonds is 1. The third-order valence-electron chi connectivity index (χ3n) is 2.41. The molecule has 6 nitrogen and oxygen atoms in total. The Hall–Kier alpha value is -1.89. The van der Waals surface area contributed by atoms with Gasteiger partial charge < -0.3 is 9.84 Å². The Bertz CT molecular complexity index is 700. The molecule has 1 heterocycles. The molecule has 2 aromatic rings. The van der Waals surface area contributed by atoms with Gasteiger partial charge in [-0.1, -0.05) is 15.9 Å². The van der Waals surface area contributed by atoms with Gasteiger partial charge in [-0.3, -0.25) is 0 Å². The first-order valence-corrected chi connectivity index (χ1v) is 6.63. The Morgan fingerprint density at radius 1 is 1.35 bits per heavy atom. The summed E-state index contributed by atoms with van der Waals surface area (Å²) in [6, 6.07) is 4.92. The van der Waals surface area contributed by atoms with Crippen LogP contribution in [-0.4, -0.2) is 32.6 Å². The highest BCUT2D eigenvalue weighted by Gasteiger charge is 2.24. The maximum atomic E-state index is 12.1. The molecule has 0 radical (unpaired) electrons. The lowest BCUT2D eigenvalue weighted by Gasteiger charge is -2.19. The summed E-state index contributed by atoms with van der Waals surface area (Å²) in [6.45, 7) is 5.18. The number of benzene rings is 1. The van der Waals surface area contributed by atoms with Crippen LogP contribution in [0.1, 0.15) is 31.3 Å². The largest absolute Gasteiger partial charge is 0.476 e. The normalized spacial score (nSPS) is 11.6. The molecular weight excluding hydrogens is 328 g/mol. The van der Waals surface area contributed by atoms with Gasteiger partial charge in [0.2, 0.25) is 0 Å². The van der Waals surface area contributed by atoms with Crippen molar-refractivity contribution in [2.45, 2.75) is 26.4 Å². The number of carboxylic acid groups (broad SMARTS) is 1. The number of nitrogens with zero attached hydrogens (tertiary/aromatic N) is 2. The van der Waals surface area contributed by atoms with Crippen LogP contribution in [0.4, 0.5) is 4.79 Å². The van der Waals surface area contributed by atoms with E-state index in [1.807, 2.05) is 0 Å². The van der Waals surface area contributed by atoms with Crippen LogP contribution in [-0.2, 0) is 4.74 Å². The van der Waals surface area contributed by atoms with E-state index in [1.165, 1.54) is 0 Å². The minimum atomic E-state index is -1.20. The molecule has 0 bridgehead atoms. The third-order valence-corrected chi connectivity index (χ3v) is 2.90. The van der Waals surface area contributed by atoms with Gasteiger partial charge in [0.05, 0.1) is 5.52 Å². The van der Waals surface area contributed by atoms with Gasteiger partial charge in [0.25, 0.3) is 0 Å². The number of carbonyl (C=O) groups is 2. The van der Waals surface area contributed by atoms with Gasteiger partial charge in [0, 0.05) is 9.86 Å². The number of hydrogen-bond acceptors (Lipinski definition) is 4. The second kappa shape index (κ2) is 4.90. The average molecular weight is 341 g/mol. The molecule has 106 valence electrons.